The molecule has 2 aliphatic rings. The topological polar surface area (TPSA) is 100 Å². The van der Waals surface area contributed by atoms with Gasteiger partial charge in [0.05, 0.1) is 18.7 Å². The Bertz CT molecular complexity index is 1170. The molecule has 1 saturated heterocycles. The van der Waals surface area contributed by atoms with Crippen molar-refractivity contribution in [3.8, 4) is 0 Å². The maximum Gasteiger partial charge on any atom is 0.239 e. The van der Waals surface area contributed by atoms with Crippen LogP contribution in [0.1, 0.15) is 69.6 Å². The molecule has 2 unspecified atom stereocenters. The normalized spacial score (nSPS) is 18.8. The van der Waals surface area contributed by atoms with E-state index < -0.39 is 23.8 Å². The van der Waals surface area contributed by atoms with Gasteiger partial charge in [0, 0.05) is 31.2 Å². The van der Waals surface area contributed by atoms with Crippen LogP contribution in [0.25, 0.3) is 0 Å². The summed E-state index contributed by atoms with van der Waals surface area (Å²) in [5, 5.41) is 28.8. The lowest BCUT2D eigenvalue weighted by Gasteiger charge is -2.41. The Kier molecular flexibility index (Phi) is 9.46. The van der Waals surface area contributed by atoms with Crippen molar-refractivity contribution in [1.82, 2.24) is 20.9 Å². The highest BCUT2D eigenvalue weighted by Crippen LogP contribution is 2.38. The van der Waals surface area contributed by atoms with Crippen molar-refractivity contribution in [1.29, 1.82) is 5.41 Å². The smallest absolute Gasteiger partial charge is 0.239 e. The van der Waals surface area contributed by atoms with Gasteiger partial charge in [-0.2, -0.15) is 0 Å². The molecule has 1 aliphatic carbocycles. The predicted octanol–water partition coefficient (Wildman–Crippen LogP) is 3.94. The molecule has 2 atom stereocenters. The second-order valence-corrected chi connectivity index (χ2v) is 12.3. The minimum Gasteiger partial charge on any atom is -0.390 e. The Hall–Kier alpha value is -3.04. The van der Waals surface area contributed by atoms with Gasteiger partial charge in [0.25, 0.3) is 0 Å². The molecule has 0 spiro atoms. The van der Waals surface area contributed by atoms with Crippen LogP contribution in [0.3, 0.4) is 0 Å². The molecule has 2 aromatic rings. The highest BCUT2D eigenvalue weighted by molar-refractivity contribution is 5.86. The first-order valence-corrected chi connectivity index (χ1v) is 14.3. The van der Waals surface area contributed by atoms with E-state index in [-0.39, 0.29) is 42.3 Å². The number of carbonyl (C=O) groups excluding carboxylic acids is 1. The number of hydrogen-bond acceptors (Lipinski definition) is 4. The lowest BCUT2D eigenvalue weighted by molar-refractivity contribution is -0.123. The quantitative estimate of drug-likeness (QED) is 0.306. The molecule has 218 valence electrons. The monoisotopic (exact) mass is 555 g/mol. The fourth-order valence-corrected chi connectivity index (χ4v) is 5.83. The summed E-state index contributed by atoms with van der Waals surface area (Å²) in [7, 11) is 0. The zero-order valence-corrected chi connectivity index (χ0v) is 23.8. The molecule has 2 aromatic carbocycles. The van der Waals surface area contributed by atoms with Crippen LogP contribution in [-0.4, -0.2) is 60.2 Å². The lowest BCUT2D eigenvalue weighted by atomic mass is 9.74. The second-order valence-electron chi connectivity index (χ2n) is 12.3. The van der Waals surface area contributed by atoms with E-state index in [9.17, 15) is 18.7 Å². The highest BCUT2D eigenvalue weighted by Gasteiger charge is 2.36. The number of hydrogen-bond donors (Lipinski definition) is 5. The number of rotatable bonds is 10. The Morgan fingerprint density at radius 3 is 2.45 bits per heavy atom. The van der Waals surface area contributed by atoms with Crippen LogP contribution in [0.2, 0.25) is 0 Å². The third kappa shape index (κ3) is 7.57. The average Bonchev–Trinajstić information content (AvgIpc) is 3.30. The summed E-state index contributed by atoms with van der Waals surface area (Å²) in [6.07, 6.45) is 4.22. The summed E-state index contributed by atoms with van der Waals surface area (Å²) in [6, 6.07) is 11.1. The lowest BCUT2D eigenvalue weighted by Crippen LogP contribution is -2.54. The van der Waals surface area contributed by atoms with Gasteiger partial charge < -0.3 is 26.0 Å². The zero-order valence-electron chi connectivity index (χ0n) is 23.8. The van der Waals surface area contributed by atoms with E-state index >= 15 is 0 Å². The van der Waals surface area contributed by atoms with Crippen LogP contribution in [0, 0.1) is 17.0 Å². The van der Waals surface area contributed by atoms with E-state index in [4.69, 9.17) is 5.41 Å². The molecule has 5 N–H and O–H groups in total. The summed E-state index contributed by atoms with van der Waals surface area (Å²) < 4.78 is 27.9. The number of aliphatic hydroxyl groups is 1. The minimum absolute atomic E-state index is 0.00218. The number of nitrogens with zero attached hydrogens (tertiary/aromatic N) is 1. The van der Waals surface area contributed by atoms with Crippen molar-refractivity contribution >= 4 is 11.9 Å². The molecular formula is C31H43F2N5O2. The molecule has 0 aromatic heterocycles. The Balaban J connectivity index is 1.53. The van der Waals surface area contributed by atoms with Crippen molar-refractivity contribution in [2.75, 3.05) is 26.2 Å². The van der Waals surface area contributed by atoms with Gasteiger partial charge in [-0.3, -0.25) is 10.2 Å². The zero-order chi connectivity index (χ0) is 28.9. The Labute approximate surface area is 236 Å². The first-order chi connectivity index (χ1) is 18.9. The van der Waals surface area contributed by atoms with E-state index in [2.05, 4.69) is 61.0 Å². The molecule has 1 amide bonds. The van der Waals surface area contributed by atoms with Crippen molar-refractivity contribution in [2.24, 2.45) is 0 Å². The van der Waals surface area contributed by atoms with E-state index in [1.54, 1.807) is 4.90 Å². The van der Waals surface area contributed by atoms with Gasteiger partial charge in [0.1, 0.15) is 11.6 Å². The summed E-state index contributed by atoms with van der Waals surface area (Å²) in [5.74, 6) is -1.59. The van der Waals surface area contributed by atoms with Crippen LogP contribution >= 0.6 is 0 Å². The van der Waals surface area contributed by atoms with E-state index in [1.165, 1.54) is 23.3 Å². The number of aliphatic hydroxyl groups excluding tert-OH is 1. The number of guanidine groups is 1. The second kappa shape index (κ2) is 12.6. The fourth-order valence-electron chi connectivity index (χ4n) is 5.83. The SMILES string of the molecule is CC(C)(C)c1cccc(C2(NCC(O)C(Cc3cc(F)cc(F)c3)NC(=O)CN3CCNC3=N)CCCCC2)c1. The van der Waals surface area contributed by atoms with Gasteiger partial charge in [-0.25, -0.2) is 8.78 Å². The van der Waals surface area contributed by atoms with Crippen molar-refractivity contribution in [2.45, 2.75) is 82.4 Å². The van der Waals surface area contributed by atoms with Gasteiger partial charge in [-0.05, 0) is 53.5 Å². The van der Waals surface area contributed by atoms with Gasteiger partial charge in [0.2, 0.25) is 5.91 Å². The van der Waals surface area contributed by atoms with Crippen LogP contribution < -0.4 is 16.0 Å². The molecule has 1 saturated carbocycles. The molecule has 0 bridgehead atoms. The molecule has 1 heterocycles. The third-order valence-electron chi connectivity index (χ3n) is 8.15. The molecule has 9 heteroatoms. The largest absolute Gasteiger partial charge is 0.390 e. The summed E-state index contributed by atoms with van der Waals surface area (Å²) in [5.41, 5.74) is 2.48. The molecule has 1 aliphatic heterocycles. The molecule has 2 fully saturated rings. The number of carbonyl (C=O) groups is 1. The third-order valence-corrected chi connectivity index (χ3v) is 8.15. The van der Waals surface area contributed by atoms with Crippen LogP contribution in [0.4, 0.5) is 8.78 Å². The molecule has 40 heavy (non-hydrogen) atoms. The number of halogens is 2. The van der Waals surface area contributed by atoms with Crippen molar-refractivity contribution in [3.05, 3.63) is 70.8 Å². The highest BCUT2D eigenvalue weighted by atomic mass is 19.1. The van der Waals surface area contributed by atoms with Gasteiger partial charge >= 0.3 is 0 Å². The maximum absolute atomic E-state index is 14.0. The van der Waals surface area contributed by atoms with Crippen molar-refractivity contribution in [3.63, 3.8) is 0 Å². The standard InChI is InChI=1S/C31H43F2N5O2/c1-30(2,3)22-8-7-9-23(17-22)31(10-5-4-6-11-31)36-19-27(39)26(16-21-14-24(32)18-25(33)15-21)37-28(40)20-38-13-12-35-29(38)34/h7-9,14-15,17-18,26-27,36,39H,4-6,10-13,16,19-20H2,1-3H3,(H2,34,35)(H,37,40). The Morgan fingerprint density at radius 1 is 1.12 bits per heavy atom. The van der Waals surface area contributed by atoms with Gasteiger partial charge in [0.15, 0.2) is 5.96 Å². The summed E-state index contributed by atoms with van der Waals surface area (Å²) in [6.45, 7) is 7.86. The fraction of sp³-hybridized carbons (Fsp3) is 0.548. The van der Waals surface area contributed by atoms with E-state index in [1.807, 2.05) is 0 Å². The minimum atomic E-state index is -1.02. The van der Waals surface area contributed by atoms with E-state index in [0.29, 0.717) is 18.7 Å². The first-order valence-electron chi connectivity index (χ1n) is 14.3. The van der Waals surface area contributed by atoms with Gasteiger partial charge in [-0.1, -0.05) is 64.3 Å². The van der Waals surface area contributed by atoms with Crippen molar-refractivity contribution < 1.29 is 18.7 Å². The number of amides is 1. The predicted molar refractivity (Wildman–Crippen MR) is 153 cm³/mol. The molecule has 0 radical (unpaired) electrons. The van der Waals surface area contributed by atoms with Crippen LogP contribution in [0.15, 0.2) is 42.5 Å². The van der Waals surface area contributed by atoms with Crippen LogP contribution in [0.5, 0.6) is 0 Å². The Morgan fingerprint density at radius 2 is 1.82 bits per heavy atom. The molecule has 7 nitrogen and oxygen atoms in total. The molecular weight excluding hydrogens is 512 g/mol. The molecule has 4 rings (SSSR count). The van der Waals surface area contributed by atoms with E-state index in [0.717, 1.165) is 38.2 Å². The number of nitrogens with one attached hydrogen (secondary N) is 4. The maximum atomic E-state index is 14.0. The number of benzene rings is 2. The summed E-state index contributed by atoms with van der Waals surface area (Å²) >= 11 is 0. The first kappa shape index (κ1) is 29.9. The summed E-state index contributed by atoms with van der Waals surface area (Å²) in [4.78, 5) is 14.6. The van der Waals surface area contributed by atoms with Gasteiger partial charge in [-0.15, -0.1) is 0 Å². The van der Waals surface area contributed by atoms with Crippen LogP contribution in [-0.2, 0) is 22.2 Å². The average molecular weight is 556 g/mol.